The fourth-order valence-electron chi connectivity index (χ4n) is 4.57. The molecule has 1 aromatic carbocycles. The maximum absolute atomic E-state index is 13.2. The lowest BCUT2D eigenvalue weighted by atomic mass is 9.93. The molecule has 30 heavy (non-hydrogen) atoms. The Balaban J connectivity index is 1.69. The smallest absolute Gasteiger partial charge is 0.269 e. The summed E-state index contributed by atoms with van der Waals surface area (Å²) in [4.78, 5) is 4.59. The van der Waals surface area contributed by atoms with Gasteiger partial charge in [-0.1, -0.05) is 31.0 Å². The lowest BCUT2D eigenvalue weighted by Crippen LogP contribution is -2.13. The van der Waals surface area contributed by atoms with E-state index in [2.05, 4.69) is 22.1 Å². The van der Waals surface area contributed by atoms with E-state index >= 15 is 0 Å². The van der Waals surface area contributed by atoms with Crippen LogP contribution in [0.25, 0.3) is 16.8 Å². The van der Waals surface area contributed by atoms with E-state index in [9.17, 15) is 13.5 Å². The Labute approximate surface area is 174 Å². The van der Waals surface area contributed by atoms with Crippen LogP contribution in [0.4, 0.5) is 0 Å². The summed E-state index contributed by atoms with van der Waals surface area (Å²) in [5.74, 6) is 1.14. The minimum absolute atomic E-state index is 0.0719. The van der Waals surface area contributed by atoms with Crippen molar-refractivity contribution in [1.82, 2.24) is 23.6 Å². The molecule has 0 amide bonds. The predicted octanol–water partition coefficient (Wildman–Crippen LogP) is 2.89. The van der Waals surface area contributed by atoms with Crippen molar-refractivity contribution in [3.63, 3.8) is 0 Å². The summed E-state index contributed by atoms with van der Waals surface area (Å²) in [6.45, 7) is 4.03. The first kappa shape index (κ1) is 19.2. The minimum Gasteiger partial charge on any atom is -0.393 e. The summed E-state index contributed by atoms with van der Waals surface area (Å²) in [6.07, 6.45) is 5.03. The van der Waals surface area contributed by atoms with E-state index in [1.807, 2.05) is 11.3 Å². The van der Waals surface area contributed by atoms with Crippen molar-refractivity contribution < 1.29 is 13.5 Å². The van der Waals surface area contributed by atoms with Crippen molar-refractivity contribution in [2.45, 2.75) is 50.0 Å². The molecule has 0 saturated heterocycles. The Kier molecular flexibility index (Phi) is 4.41. The van der Waals surface area contributed by atoms with E-state index in [1.165, 1.54) is 10.2 Å². The van der Waals surface area contributed by atoms with Crippen LogP contribution in [0.1, 0.15) is 43.5 Å². The number of rotatable bonds is 4. The van der Waals surface area contributed by atoms with E-state index in [1.54, 1.807) is 36.5 Å². The van der Waals surface area contributed by atoms with Crippen LogP contribution >= 0.6 is 0 Å². The summed E-state index contributed by atoms with van der Waals surface area (Å²) in [5.41, 5.74) is 2.53. The van der Waals surface area contributed by atoms with Gasteiger partial charge in [0.2, 0.25) is 0 Å². The van der Waals surface area contributed by atoms with Gasteiger partial charge in [0, 0.05) is 12.1 Å². The molecule has 0 bridgehead atoms. The van der Waals surface area contributed by atoms with Crippen molar-refractivity contribution in [3.05, 3.63) is 54.1 Å². The van der Waals surface area contributed by atoms with Crippen molar-refractivity contribution in [2.75, 3.05) is 0 Å². The Morgan fingerprint density at radius 2 is 1.90 bits per heavy atom. The van der Waals surface area contributed by atoms with Crippen LogP contribution in [0.3, 0.4) is 0 Å². The highest BCUT2D eigenvalue weighted by Crippen LogP contribution is 2.41. The van der Waals surface area contributed by atoms with E-state index in [-0.39, 0.29) is 16.9 Å². The van der Waals surface area contributed by atoms with Gasteiger partial charge in [-0.15, -0.1) is 10.2 Å². The minimum atomic E-state index is -3.79. The second kappa shape index (κ2) is 6.88. The number of aliphatic hydroxyl groups is 1. The first-order chi connectivity index (χ1) is 14.4. The Morgan fingerprint density at radius 1 is 1.13 bits per heavy atom. The lowest BCUT2D eigenvalue weighted by molar-refractivity contribution is 0.176. The molecule has 3 unspecified atom stereocenters. The number of fused-ring (bicyclic) bond motifs is 3. The number of aryl methyl sites for hydroxylation is 1. The van der Waals surface area contributed by atoms with Crippen LogP contribution in [-0.2, 0) is 10.0 Å². The Hall–Kier alpha value is -2.78. The van der Waals surface area contributed by atoms with Crippen LogP contribution in [0.15, 0.2) is 47.6 Å². The van der Waals surface area contributed by atoms with Crippen molar-refractivity contribution >= 4 is 26.8 Å². The van der Waals surface area contributed by atoms with Gasteiger partial charge in [0.05, 0.1) is 22.7 Å². The standard InChI is InChI=1S/C21H23N5O3S/c1-3-14-10-15(27)11-17(14)20-24-23-19-12-22-21-18(26(19)20)8-9-25(21)30(28,29)16-6-4-13(2)5-7-16/h4-9,12,14-15,17,27H,3,10-11H2,1-2H3. The number of hydrogen-bond donors (Lipinski definition) is 1. The zero-order valence-corrected chi connectivity index (χ0v) is 17.6. The van der Waals surface area contributed by atoms with E-state index in [0.29, 0.717) is 29.1 Å². The molecular weight excluding hydrogens is 402 g/mol. The summed E-state index contributed by atoms with van der Waals surface area (Å²) >= 11 is 0. The second-order valence-corrected chi connectivity index (χ2v) is 9.86. The quantitative estimate of drug-likeness (QED) is 0.539. The third kappa shape index (κ3) is 2.84. The summed E-state index contributed by atoms with van der Waals surface area (Å²) in [7, 11) is -3.79. The zero-order valence-electron chi connectivity index (χ0n) is 16.8. The lowest BCUT2D eigenvalue weighted by Gasteiger charge is -2.16. The molecule has 0 spiro atoms. The first-order valence-corrected chi connectivity index (χ1v) is 11.6. The van der Waals surface area contributed by atoms with Crippen LogP contribution in [0.5, 0.6) is 0 Å². The van der Waals surface area contributed by atoms with Gasteiger partial charge < -0.3 is 5.11 Å². The van der Waals surface area contributed by atoms with Crippen molar-refractivity contribution in [1.29, 1.82) is 0 Å². The van der Waals surface area contributed by atoms with Gasteiger partial charge >= 0.3 is 0 Å². The molecule has 3 aromatic heterocycles. The molecule has 0 aliphatic heterocycles. The molecule has 1 N–H and O–H groups in total. The van der Waals surface area contributed by atoms with Crippen LogP contribution in [0, 0.1) is 12.8 Å². The Bertz CT molecular complexity index is 1340. The zero-order chi connectivity index (χ0) is 21.0. The molecule has 3 atom stereocenters. The fraction of sp³-hybridized carbons (Fsp3) is 0.381. The van der Waals surface area contributed by atoms with Gasteiger partial charge in [0.15, 0.2) is 11.3 Å². The summed E-state index contributed by atoms with van der Waals surface area (Å²) in [5, 5.41) is 18.8. The predicted molar refractivity (Wildman–Crippen MR) is 112 cm³/mol. The first-order valence-electron chi connectivity index (χ1n) is 10.1. The summed E-state index contributed by atoms with van der Waals surface area (Å²) < 4.78 is 29.5. The normalized spacial score (nSPS) is 22.3. The van der Waals surface area contributed by atoms with Gasteiger partial charge in [0.1, 0.15) is 5.82 Å². The fourth-order valence-corrected chi connectivity index (χ4v) is 5.87. The highest BCUT2D eigenvalue weighted by Gasteiger charge is 2.36. The van der Waals surface area contributed by atoms with Crippen LogP contribution in [0.2, 0.25) is 0 Å². The van der Waals surface area contributed by atoms with Gasteiger partial charge in [-0.2, -0.15) is 0 Å². The monoisotopic (exact) mass is 425 g/mol. The third-order valence-corrected chi connectivity index (χ3v) is 7.85. The van der Waals surface area contributed by atoms with Gasteiger partial charge in [-0.05, 0) is 43.9 Å². The third-order valence-electron chi connectivity index (χ3n) is 6.17. The number of aliphatic hydroxyl groups excluding tert-OH is 1. The number of aromatic nitrogens is 5. The molecule has 1 saturated carbocycles. The molecule has 1 aliphatic carbocycles. The number of benzene rings is 1. The highest BCUT2D eigenvalue weighted by molar-refractivity contribution is 7.90. The Morgan fingerprint density at radius 3 is 2.63 bits per heavy atom. The van der Waals surface area contributed by atoms with Gasteiger partial charge in [0.25, 0.3) is 10.0 Å². The average molecular weight is 426 g/mol. The van der Waals surface area contributed by atoms with E-state index in [0.717, 1.165) is 24.2 Å². The molecule has 9 heteroatoms. The number of hydrogen-bond acceptors (Lipinski definition) is 6. The molecular formula is C21H23N5O3S. The van der Waals surface area contributed by atoms with Crippen molar-refractivity contribution in [2.24, 2.45) is 5.92 Å². The van der Waals surface area contributed by atoms with Crippen LogP contribution < -0.4 is 0 Å². The van der Waals surface area contributed by atoms with E-state index in [4.69, 9.17) is 0 Å². The van der Waals surface area contributed by atoms with E-state index < -0.39 is 10.0 Å². The summed E-state index contributed by atoms with van der Waals surface area (Å²) in [6, 6.07) is 8.49. The SMILES string of the molecule is CCC1CC(O)CC1c1nnc2cnc3c(ccn3S(=O)(=O)c3ccc(C)cc3)n12. The second-order valence-electron chi connectivity index (χ2n) is 8.05. The largest absolute Gasteiger partial charge is 0.393 e. The van der Waals surface area contributed by atoms with Gasteiger partial charge in [-0.25, -0.2) is 17.4 Å². The highest BCUT2D eigenvalue weighted by atomic mass is 32.2. The molecule has 3 heterocycles. The number of nitrogens with zero attached hydrogens (tertiary/aromatic N) is 5. The maximum Gasteiger partial charge on any atom is 0.269 e. The molecule has 4 aromatic rings. The molecule has 8 nitrogen and oxygen atoms in total. The van der Waals surface area contributed by atoms with Crippen LogP contribution in [-0.4, -0.2) is 43.2 Å². The van der Waals surface area contributed by atoms with Gasteiger partial charge in [-0.3, -0.25) is 4.40 Å². The molecule has 156 valence electrons. The maximum atomic E-state index is 13.2. The molecule has 0 radical (unpaired) electrons. The molecule has 1 aliphatic rings. The molecule has 5 rings (SSSR count). The molecule has 1 fully saturated rings. The average Bonchev–Trinajstić information content (AvgIpc) is 3.43. The topological polar surface area (TPSA) is 102 Å². The van der Waals surface area contributed by atoms with Crippen molar-refractivity contribution in [3.8, 4) is 0 Å².